The van der Waals surface area contributed by atoms with Crippen LogP contribution in [0.25, 0.3) is 210 Å². The second-order valence-corrected chi connectivity index (χ2v) is 33.6. The Balaban J connectivity index is 0.000000113. The molecule has 0 saturated carbocycles. The molecule has 0 amide bonds. The van der Waals surface area contributed by atoms with Gasteiger partial charge in [0.2, 0.25) is 0 Å². The van der Waals surface area contributed by atoms with Crippen molar-refractivity contribution < 1.29 is 92.4 Å². The van der Waals surface area contributed by atoms with Gasteiger partial charge in [-0.15, -0.1) is 142 Å². The van der Waals surface area contributed by atoms with Crippen LogP contribution in [0.4, 0.5) is 0 Å². The maximum atomic E-state index is 6.39. The SMILES string of the molecule is [Pd+2].[Pd].[Pt+2].[Pt].[c-]1c(Oc2[c-]c(-c3ccccn3)ccc2)cccc1-c1ccccn1.[c-]1c(Oc2[c-]c3c(cc2)c2ccccc2n3-c2ccccn2)ccc2c3ccccc3n(-c3ccccn3)c12.[c-]1ccccc1-c1[c-]c2c(cc1)c1ccccc1n2-c1[c-]c2c(cc1)c1ccccc1n2-c1ccccn1.[c-]1ccccc1-c1[c-]c2c(cc1)c1ccccc1n2-c1[c-]c2c(cc1)c1ccccc1n2-c1ccccn1. The first kappa shape index (κ1) is 93.8. The van der Waals surface area contributed by atoms with Crippen LogP contribution in [0.1, 0.15) is 0 Å². The number of pyridine rings is 6. The number of benzene rings is 16. The molecule has 14 nitrogen and oxygen atoms in total. The summed E-state index contributed by atoms with van der Waals surface area (Å²) < 4.78 is 25.5. The van der Waals surface area contributed by atoms with Crippen molar-refractivity contribution in [3.05, 3.63) is 510 Å². The van der Waals surface area contributed by atoms with Crippen molar-refractivity contribution in [2.45, 2.75) is 0 Å². The standard InChI is InChI=1S/2C35H20N3.C34H20N4O.C22H14N2O.2Pd.2Pt/c2*1-2-10-24(11-3-1)25-17-19-29-27-12-4-6-14-31(27)37(33(29)22-25)26-18-20-30-28-13-5-7-15-32(28)38(34(30)23-26)35-16-8-9-21-36-35;1-3-11-29-25(9-1)27-17-15-23(21-31(27)37(29)33-13-5-7-19-35-33)39-24-16-18-28-26-10-2-4-12-30(26)38(32(28)22-24)34-14-6-8-20-36-34;1-3-13-23-21(11-1)17-7-5-9-19(15-17)25-20-10-6-8-18(16-20)22-12-2-4-14-24-22;;;;/h2*1-10,12-21H;1-20H;1-14H;;;;/q2*-3;2*-2;;+2;;+2. The molecule has 0 unspecified atom stereocenters. The number of hydrogen-bond donors (Lipinski definition) is 0. The minimum Gasteiger partial charge on any atom is -0.509 e. The van der Waals surface area contributed by atoms with E-state index in [9.17, 15) is 0 Å². The third-order valence-corrected chi connectivity index (χ3v) is 25.3. The molecule has 12 aromatic heterocycles. The van der Waals surface area contributed by atoms with Gasteiger partial charge in [-0.3, -0.25) is 0 Å². The van der Waals surface area contributed by atoms with E-state index in [0.29, 0.717) is 23.0 Å². The topological polar surface area (TPSA) is 125 Å². The Morgan fingerprint density at radius 1 is 0.188 bits per heavy atom. The van der Waals surface area contributed by atoms with Crippen molar-refractivity contribution in [3.8, 4) is 102 Å². The number of para-hydroxylation sites is 6. The van der Waals surface area contributed by atoms with Crippen LogP contribution >= 0.6 is 0 Å². The summed E-state index contributed by atoms with van der Waals surface area (Å²) >= 11 is 0. The molecule has 0 aliphatic heterocycles. The van der Waals surface area contributed by atoms with Gasteiger partial charge in [0.25, 0.3) is 0 Å². The van der Waals surface area contributed by atoms with Crippen LogP contribution in [0.5, 0.6) is 23.0 Å². The Bertz CT molecular complexity index is 8980. The predicted molar refractivity (Wildman–Crippen MR) is 562 cm³/mol. The molecule has 0 radical (unpaired) electrons. The van der Waals surface area contributed by atoms with Crippen LogP contribution < -0.4 is 9.47 Å². The molecule has 16 aromatic carbocycles. The molecule has 28 rings (SSSR count). The number of ether oxygens (including phenoxy) is 2. The summed E-state index contributed by atoms with van der Waals surface area (Å²) in [5, 5.41) is 13.9. The van der Waals surface area contributed by atoms with Gasteiger partial charge in [0, 0.05) is 135 Å². The van der Waals surface area contributed by atoms with E-state index >= 15 is 0 Å². The van der Waals surface area contributed by atoms with E-state index in [1.54, 1.807) is 24.8 Å². The summed E-state index contributed by atoms with van der Waals surface area (Å²) in [6.45, 7) is 0. The zero-order valence-electron chi connectivity index (χ0n) is 76.2. The number of nitrogens with zero attached hydrogens (tertiary/aromatic N) is 12. The van der Waals surface area contributed by atoms with Gasteiger partial charge in [0.15, 0.2) is 0 Å². The number of hydrogen-bond acceptors (Lipinski definition) is 8. The van der Waals surface area contributed by atoms with Gasteiger partial charge < -0.3 is 46.8 Å². The molecule has 0 saturated heterocycles. The largest absolute Gasteiger partial charge is 2.00 e. The molecule has 0 fully saturated rings. The molecule has 12 heterocycles. The number of rotatable bonds is 14. The third kappa shape index (κ3) is 17.7. The summed E-state index contributed by atoms with van der Waals surface area (Å²) in [5.41, 5.74) is 22.0. The van der Waals surface area contributed by atoms with Gasteiger partial charge in [-0.1, -0.05) is 214 Å². The molecular formula is C126H74N12O2Pd2Pt2-6. The number of fused-ring (bicyclic) bond motifs is 18. The molecular weight excluding hydrogens is 2320 g/mol. The summed E-state index contributed by atoms with van der Waals surface area (Å²) in [5.74, 6) is 5.90. The predicted octanol–water partition coefficient (Wildman–Crippen LogP) is 29.9. The first-order valence-corrected chi connectivity index (χ1v) is 46.0. The average molecular weight is 2390 g/mol. The van der Waals surface area contributed by atoms with Crippen molar-refractivity contribution >= 4 is 131 Å². The monoisotopic (exact) mass is 2390 g/mol. The van der Waals surface area contributed by atoms with Crippen molar-refractivity contribution in [3.63, 3.8) is 0 Å². The Labute approximate surface area is 885 Å². The molecule has 0 aliphatic rings. The summed E-state index contributed by atoms with van der Waals surface area (Å²) in [6, 6.07) is 175. The van der Waals surface area contributed by atoms with Crippen LogP contribution in [0, 0.1) is 60.7 Å². The summed E-state index contributed by atoms with van der Waals surface area (Å²) in [4.78, 5) is 27.3. The van der Waals surface area contributed by atoms with Crippen molar-refractivity contribution in [2.24, 2.45) is 0 Å². The molecule has 144 heavy (non-hydrogen) atoms. The zero-order chi connectivity index (χ0) is 92.8. The Morgan fingerprint density at radius 2 is 0.444 bits per heavy atom. The summed E-state index contributed by atoms with van der Waals surface area (Å²) in [7, 11) is 0. The maximum absolute atomic E-state index is 6.39. The quantitative estimate of drug-likeness (QED) is 0.0778. The Morgan fingerprint density at radius 3 is 0.743 bits per heavy atom. The van der Waals surface area contributed by atoms with E-state index in [4.69, 9.17) is 9.47 Å². The zero-order valence-corrected chi connectivity index (χ0v) is 83.8. The molecule has 0 spiro atoms. The van der Waals surface area contributed by atoms with Gasteiger partial charge in [-0.05, 0) is 152 Å². The third-order valence-electron chi connectivity index (χ3n) is 25.3. The van der Waals surface area contributed by atoms with E-state index in [2.05, 4.69) is 324 Å². The van der Waals surface area contributed by atoms with E-state index in [1.807, 2.05) is 219 Å². The minimum atomic E-state index is 0. The fourth-order valence-electron chi connectivity index (χ4n) is 19.1. The second kappa shape index (κ2) is 41.4. The first-order chi connectivity index (χ1) is 69.5. The van der Waals surface area contributed by atoms with E-state index in [1.165, 1.54) is 32.3 Å². The molecule has 0 aliphatic carbocycles. The fraction of sp³-hybridized carbons (Fsp3) is 0. The van der Waals surface area contributed by atoms with E-state index < -0.39 is 0 Å². The molecule has 0 atom stereocenters. The normalized spacial score (nSPS) is 11.1. The molecule has 28 aromatic rings. The van der Waals surface area contributed by atoms with E-state index in [-0.39, 0.29) is 83.0 Å². The van der Waals surface area contributed by atoms with Crippen LogP contribution in [-0.2, 0) is 83.0 Å². The fourth-order valence-corrected chi connectivity index (χ4v) is 19.1. The second-order valence-electron chi connectivity index (χ2n) is 33.6. The smallest absolute Gasteiger partial charge is 0.509 e. The van der Waals surface area contributed by atoms with Gasteiger partial charge in [0.05, 0.1) is 0 Å². The number of aromatic nitrogens is 12. The first-order valence-electron chi connectivity index (χ1n) is 46.0. The van der Waals surface area contributed by atoms with Crippen LogP contribution in [0.15, 0.2) is 450 Å². The van der Waals surface area contributed by atoms with Crippen LogP contribution in [-0.4, -0.2) is 57.3 Å². The van der Waals surface area contributed by atoms with Gasteiger partial charge in [-0.25, -0.2) is 42.2 Å². The Hall–Kier alpha value is -16.5. The molecule has 696 valence electrons. The average Bonchev–Trinajstić information content (AvgIpc) is 1.58. The molecule has 0 N–H and O–H groups in total. The van der Waals surface area contributed by atoms with Gasteiger partial charge in [0.1, 0.15) is 23.3 Å². The molecule has 18 heteroatoms. The van der Waals surface area contributed by atoms with E-state index in [0.717, 1.165) is 178 Å². The summed E-state index contributed by atoms with van der Waals surface area (Å²) in [6.07, 6.45) is 10.8. The van der Waals surface area contributed by atoms with Crippen LogP contribution in [0.2, 0.25) is 0 Å². The van der Waals surface area contributed by atoms with Gasteiger partial charge in [-0.2, -0.15) is 97.1 Å². The van der Waals surface area contributed by atoms with Crippen LogP contribution in [0.3, 0.4) is 0 Å². The van der Waals surface area contributed by atoms with Crippen molar-refractivity contribution in [1.82, 2.24) is 57.3 Å². The maximum Gasteiger partial charge on any atom is 2.00 e. The van der Waals surface area contributed by atoms with Crippen molar-refractivity contribution in [2.75, 3.05) is 0 Å². The van der Waals surface area contributed by atoms with Crippen molar-refractivity contribution in [1.29, 1.82) is 0 Å². The van der Waals surface area contributed by atoms with Gasteiger partial charge >= 0.3 is 41.5 Å². The minimum absolute atomic E-state index is 0. The Kier molecular flexibility index (Phi) is 26.9. The molecule has 0 bridgehead atoms.